The number of anilines is 1. The van der Waals surface area contributed by atoms with Crippen LogP contribution in [0.2, 0.25) is 0 Å². The van der Waals surface area contributed by atoms with Gasteiger partial charge in [-0.3, -0.25) is 14.5 Å². The monoisotopic (exact) mass is 332 g/mol. The highest BCUT2D eigenvalue weighted by atomic mass is 16.5. The smallest absolute Gasteiger partial charge is 0.265 e. The molecular formula is C19H28N2O3. The van der Waals surface area contributed by atoms with Gasteiger partial charge in [0.25, 0.3) is 5.91 Å². The minimum atomic E-state index is -0.183. The van der Waals surface area contributed by atoms with Crippen molar-refractivity contribution in [2.75, 3.05) is 24.6 Å². The van der Waals surface area contributed by atoms with E-state index in [1.165, 1.54) is 4.90 Å². The average Bonchev–Trinajstić information content (AvgIpc) is 2.53. The first kappa shape index (κ1) is 18.3. The molecule has 5 heteroatoms. The van der Waals surface area contributed by atoms with E-state index in [2.05, 4.69) is 33.0 Å². The standard InChI is InChI=1S/C19H28N2O3/c1-5-6-7-10-20-17(22)12-21-15-11-14(19(2,3)4)8-9-16(15)24-13-18(21)23/h8-9,11H,5-7,10,12-13H2,1-4H3,(H,20,22). The molecule has 0 unspecified atom stereocenters. The van der Waals surface area contributed by atoms with E-state index < -0.39 is 0 Å². The molecular weight excluding hydrogens is 304 g/mol. The predicted molar refractivity (Wildman–Crippen MR) is 95.5 cm³/mol. The summed E-state index contributed by atoms with van der Waals surface area (Å²) in [5, 5.41) is 2.89. The Kier molecular flexibility index (Phi) is 5.86. The van der Waals surface area contributed by atoms with E-state index >= 15 is 0 Å². The van der Waals surface area contributed by atoms with E-state index in [-0.39, 0.29) is 30.4 Å². The molecule has 0 saturated heterocycles. The number of carbonyl (C=O) groups excluding carboxylic acids is 2. The molecule has 0 spiro atoms. The summed E-state index contributed by atoms with van der Waals surface area (Å²) in [5.74, 6) is 0.340. The Hall–Kier alpha value is -2.04. The van der Waals surface area contributed by atoms with E-state index in [0.29, 0.717) is 18.0 Å². The predicted octanol–water partition coefficient (Wildman–Crippen LogP) is 3.02. The Morgan fingerprint density at radius 3 is 2.71 bits per heavy atom. The van der Waals surface area contributed by atoms with Crippen LogP contribution < -0.4 is 15.0 Å². The average molecular weight is 332 g/mol. The van der Waals surface area contributed by atoms with Gasteiger partial charge in [0.05, 0.1) is 5.69 Å². The quantitative estimate of drug-likeness (QED) is 0.815. The maximum atomic E-state index is 12.3. The summed E-state index contributed by atoms with van der Waals surface area (Å²) in [6, 6.07) is 5.85. The van der Waals surface area contributed by atoms with Crippen molar-refractivity contribution in [2.45, 2.75) is 52.4 Å². The lowest BCUT2D eigenvalue weighted by Crippen LogP contribution is -2.45. The molecule has 1 aliphatic heterocycles. The summed E-state index contributed by atoms with van der Waals surface area (Å²) in [6.07, 6.45) is 3.17. The molecule has 1 aromatic carbocycles. The van der Waals surface area contributed by atoms with Crippen molar-refractivity contribution in [3.05, 3.63) is 23.8 Å². The number of rotatable bonds is 6. The van der Waals surface area contributed by atoms with E-state index in [4.69, 9.17) is 4.74 Å². The van der Waals surface area contributed by atoms with Crippen LogP contribution in [0.1, 0.15) is 52.5 Å². The van der Waals surface area contributed by atoms with Crippen molar-refractivity contribution >= 4 is 17.5 Å². The van der Waals surface area contributed by atoms with E-state index in [1.807, 2.05) is 18.2 Å². The molecule has 2 amide bonds. The largest absolute Gasteiger partial charge is 0.482 e. The fourth-order valence-corrected chi connectivity index (χ4v) is 2.64. The molecule has 1 heterocycles. The highest BCUT2D eigenvalue weighted by Crippen LogP contribution is 2.36. The van der Waals surface area contributed by atoms with Crippen LogP contribution in [0.3, 0.4) is 0 Å². The number of nitrogens with zero attached hydrogens (tertiary/aromatic N) is 1. The minimum Gasteiger partial charge on any atom is -0.482 e. The molecule has 1 aliphatic rings. The lowest BCUT2D eigenvalue weighted by atomic mass is 9.86. The molecule has 1 aromatic rings. The molecule has 0 atom stereocenters. The van der Waals surface area contributed by atoms with Gasteiger partial charge in [-0.05, 0) is 29.5 Å². The van der Waals surface area contributed by atoms with Crippen molar-refractivity contribution < 1.29 is 14.3 Å². The number of fused-ring (bicyclic) bond motifs is 1. The van der Waals surface area contributed by atoms with Crippen LogP contribution in [0.25, 0.3) is 0 Å². The summed E-state index contributed by atoms with van der Waals surface area (Å²) in [5.41, 5.74) is 1.75. The third kappa shape index (κ3) is 4.49. The molecule has 5 nitrogen and oxygen atoms in total. The van der Waals surface area contributed by atoms with Crippen LogP contribution in [0.4, 0.5) is 5.69 Å². The molecule has 132 valence electrons. The van der Waals surface area contributed by atoms with Crippen molar-refractivity contribution in [3.8, 4) is 5.75 Å². The molecule has 24 heavy (non-hydrogen) atoms. The Balaban J connectivity index is 2.13. The number of carbonyl (C=O) groups is 2. The van der Waals surface area contributed by atoms with Gasteiger partial charge in [-0.25, -0.2) is 0 Å². The second-order valence-corrected chi connectivity index (χ2v) is 7.26. The first-order valence-corrected chi connectivity index (χ1v) is 8.67. The highest BCUT2D eigenvalue weighted by Gasteiger charge is 2.28. The molecule has 0 radical (unpaired) electrons. The Labute approximate surface area is 144 Å². The number of hydrogen-bond donors (Lipinski definition) is 1. The lowest BCUT2D eigenvalue weighted by Gasteiger charge is -2.31. The van der Waals surface area contributed by atoms with Gasteiger partial charge < -0.3 is 10.1 Å². The summed E-state index contributed by atoms with van der Waals surface area (Å²) >= 11 is 0. The van der Waals surface area contributed by atoms with Crippen LogP contribution >= 0.6 is 0 Å². The van der Waals surface area contributed by atoms with E-state index in [9.17, 15) is 9.59 Å². The molecule has 0 bridgehead atoms. The topological polar surface area (TPSA) is 58.6 Å². The van der Waals surface area contributed by atoms with Gasteiger partial charge in [-0.1, -0.05) is 46.6 Å². The Bertz CT molecular complexity index is 605. The van der Waals surface area contributed by atoms with Gasteiger partial charge in [-0.15, -0.1) is 0 Å². The lowest BCUT2D eigenvalue weighted by molar-refractivity contribution is -0.125. The zero-order valence-corrected chi connectivity index (χ0v) is 15.1. The normalized spacial score (nSPS) is 14.2. The Morgan fingerprint density at radius 1 is 1.29 bits per heavy atom. The number of benzene rings is 1. The van der Waals surface area contributed by atoms with Crippen LogP contribution in [0.5, 0.6) is 5.75 Å². The number of unbranched alkanes of at least 4 members (excludes halogenated alkanes) is 2. The number of amides is 2. The summed E-state index contributed by atoms with van der Waals surface area (Å²) in [4.78, 5) is 25.9. The highest BCUT2D eigenvalue weighted by molar-refractivity contribution is 6.02. The van der Waals surface area contributed by atoms with Crippen LogP contribution in [0, 0.1) is 0 Å². The fourth-order valence-electron chi connectivity index (χ4n) is 2.64. The maximum Gasteiger partial charge on any atom is 0.265 e. The maximum absolute atomic E-state index is 12.3. The third-order valence-electron chi connectivity index (χ3n) is 4.17. The zero-order valence-electron chi connectivity index (χ0n) is 15.1. The van der Waals surface area contributed by atoms with Crippen LogP contribution in [-0.2, 0) is 15.0 Å². The summed E-state index contributed by atoms with van der Waals surface area (Å²) in [7, 11) is 0. The first-order chi connectivity index (χ1) is 11.3. The fraction of sp³-hybridized carbons (Fsp3) is 0.579. The minimum absolute atomic E-state index is 0.0228. The van der Waals surface area contributed by atoms with Gasteiger partial charge in [0.1, 0.15) is 12.3 Å². The van der Waals surface area contributed by atoms with E-state index in [0.717, 1.165) is 24.8 Å². The van der Waals surface area contributed by atoms with Gasteiger partial charge in [0, 0.05) is 6.54 Å². The molecule has 0 saturated carbocycles. The third-order valence-corrected chi connectivity index (χ3v) is 4.17. The summed E-state index contributed by atoms with van der Waals surface area (Å²) < 4.78 is 5.51. The Morgan fingerprint density at radius 2 is 2.04 bits per heavy atom. The van der Waals surface area contributed by atoms with Crippen molar-refractivity contribution in [2.24, 2.45) is 0 Å². The van der Waals surface area contributed by atoms with Gasteiger partial charge in [-0.2, -0.15) is 0 Å². The van der Waals surface area contributed by atoms with Crippen molar-refractivity contribution in [1.82, 2.24) is 5.32 Å². The van der Waals surface area contributed by atoms with Gasteiger partial charge in [0.2, 0.25) is 5.91 Å². The summed E-state index contributed by atoms with van der Waals surface area (Å²) in [6.45, 7) is 9.14. The second kappa shape index (κ2) is 7.69. The SMILES string of the molecule is CCCCCNC(=O)CN1C(=O)COc2ccc(C(C)(C)C)cc21. The second-order valence-electron chi connectivity index (χ2n) is 7.26. The molecule has 0 fully saturated rings. The van der Waals surface area contributed by atoms with Gasteiger partial charge in [0.15, 0.2) is 6.61 Å². The first-order valence-electron chi connectivity index (χ1n) is 8.67. The van der Waals surface area contributed by atoms with Crippen LogP contribution in [0.15, 0.2) is 18.2 Å². The van der Waals surface area contributed by atoms with Crippen molar-refractivity contribution in [1.29, 1.82) is 0 Å². The zero-order chi connectivity index (χ0) is 17.7. The number of nitrogens with one attached hydrogen (secondary N) is 1. The van der Waals surface area contributed by atoms with E-state index in [1.54, 1.807) is 0 Å². The van der Waals surface area contributed by atoms with Crippen molar-refractivity contribution in [3.63, 3.8) is 0 Å². The molecule has 0 aromatic heterocycles. The number of ether oxygens (including phenoxy) is 1. The van der Waals surface area contributed by atoms with Crippen LogP contribution in [-0.4, -0.2) is 31.5 Å². The molecule has 1 N–H and O–H groups in total. The number of hydrogen-bond acceptors (Lipinski definition) is 3. The molecule has 0 aliphatic carbocycles. The van der Waals surface area contributed by atoms with Gasteiger partial charge >= 0.3 is 0 Å². The molecule has 2 rings (SSSR count).